The lowest BCUT2D eigenvalue weighted by Crippen LogP contribution is -2.31. The summed E-state index contributed by atoms with van der Waals surface area (Å²) in [6, 6.07) is 8.93. The van der Waals surface area contributed by atoms with Crippen molar-refractivity contribution in [2.45, 2.75) is 44.7 Å². The van der Waals surface area contributed by atoms with Crippen LogP contribution in [0.4, 0.5) is 5.69 Å². The Balaban J connectivity index is 0.00000110. The van der Waals surface area contributed by atoms with Crippen LogP contribution in [0.2, 0.25) is 5.02 Å². The number of amides is 1. The number of halogens is 3. The van der Waals surface area contributed by atoms with Gasteiger partial charge in [-0.05, 0) is 63.6 Å². The van der Waals surface area contributed by atoms with Gasteiger partial charge in [0.1, 0.15) is 12.0 Å². The molecule has 2 rings (SSSR count). The molecule has 1 aromatic carbocycles. The highest BCUT2D eigenvalue weighted by atomic mass is 35.5. The summed E-state index contributed by atoms with van der Waals surface area (Å²) in [5.41, 5.74) is 3.46. The van der Waals surface area contributed by atoms with Crippen LogP contribution in [0.25, 0.3) is 0 Å². The molecule has 1 aromatic heterocycles. The minimum Gasteiger partial charge on any atom is -0.389 e. The van der Waals surface area contributed by atoms with E-state index in [-0.39, 0.29) is 12.2 Å². The van der Waals surface area contributed by atoms with Crippen molar-refractivity contribution < 1.29 is 19.2 Å². The normalized spacial score (nSPS) is 10.8. The third-order valence-electron chi connectivity index (χ3n) is 4.46. The molecule has 0 saturated carbocycles. The van der Waals surface area contributed by atoms with Gasteiger partial charge in [0.25, 0.3) is 5.91 Å². The van der Waals surface area contributed by atoms with Crippen molar-refractivity contribution >= 4 is 58.4 Å². The van der Waals surface area contributed by atoms with Crippen LogP contribution in [0.1, 0.15) is 37.6 Å². The number of allylic oxidation sites excluding steroid dienone is 2. The van der Waals surface area contributed by atoms with Crippen molar-refractivity contribution in [2.24, 2.45) is 5.16 Å². The van der Waals surface area contributed by atoms with Crippen LogP contribution < -0.4 is 4.90 Å². The fourth-order valence-electron chi connectivity index (χ4n) is 2.34. The van der Waals surface area contributed by atoms with E-state index in [0.717, 1.165) is 11.1 Å². The number of aromatic nitrogens is 1. The van der Waals surface area contributed by atoms with Crippen molar-refractivity contribution in [1.29, 1.82) is 0 Å². The average Bonchev–Trinajstić information content (AvgIpc) is 2.86. The Hall–Kier alpha value is -2.71. The van der Waals surface area contributed by atoms with Crippen LogP contribution in [-0.4, -0.2) is 47.5 Å². The third kappa shape index (κ3) is 13.4. The van der Waals surface area contributed by atoms with E-state index in [2.05, 4.69) is 23.3 Å². The minimum absolute atomic E-state index is 0.0417. The number of hydrogen-bond donors (Lipinski definition) is 0. The Morgan fingerprint density at radius 1 is 1.24 bits per heavy atom. The Morgan fingerprint density at radius 2 is 1.84 bits per heavy atom. The lowest BCUT2D eigenvalue weighted by molar-refractivity contribution is -0.116. The van der Waals surface area contributed by atoms with E-state index in [1.165, 1.54) is 11.0 Å². The first-order chi connectivity index (χ1) is 17.3. The average molecular weight is 571 g/mol. The van der Waals surface area contributed by atoms with E-state index in [1.807, 2.05) is 39.8 Å². The van der Waals surface area contributed by atoms with E-state index >= 15 is 0 Å². The van der Waals surface area contributed by atoms with Gasteiger partial charge in [-0.15, -0.1) is 0 Å². The Labute approximate surface area is 234 Å². The Bertz CT molecular complexity index is 1040. The van der Waals surface area contributed by atoms with Gasteiger partial charge in [-0.1, -0.05) is 65.2 Å². The number of hydrogen-bond acceptors (Lipinski definition) is 6. The monoisotopic (exact) mass is 569 g/mol. The van der Waals surface area contributed by atoms with Gasteiger partial charge in [-0.3, -0.25) is 14.6 Å². The number of nitrogens with zero attached hydrogens (tertiary/aromatic N) is 3. The van der Waals surface area contributed by atoms with Crippen LogP contribution in [0.5, 0.6) is 0 Å². The standard InChI is InChI=1S/C19H18Cl3N3O2.C5H12O.C3H4O/c1-4-16(17-12(2)6-5-7-15(17)20)24-27-11-13-10-14(8-9-23-13)25(3)19(26)18(21)22;1-5(2,3)6-4;1-2-3-4/h4-10,18H,1,11H2,2-3H3;1-4H3;2-3H,1H2/b24-16+;;. The van der Waals surface area contributed by atoms with Crippen molar-refractivity contribution in [3.63, 3.8) is 0 Å². The second-order valence-electron chi connectivity index (χ2n) is 8.28. The number of pyridine rings is 1. The number of benzene rings is 1. The molecular formula is C27H34Cl3N3O4. The summed E-state index contributed by atoms with van der Waals surface area (Å²) in [5.74, 6) is -0.433. The summed E-state index contributed by atoms with van der Waals surface area (Å²) in [4.78, 5) is 30.8. The minimum atomic E-state index is -1.14. The first-order valence-corrected chi connectivity index (χ1v) is 12.3. The van der Waals surface area contributed by atoms with Crippen molar-refractivity contribution in [3.05, 3.63) is 83.7 Å². The number of oxime groups is 1. The zero-order valence-electron chi connectivity index (χ0n) is 22.0. The number of aryl methyl sites for hydroxylation is 1. The molecule has 0 radical (unpaired) electrons. The summed E-state index contributed by atoms with van der Waals surface area (Å²) >= 11 is 17.5. The van der Waals surface area contributed by atoms with Crippen LogP contribution in [0.3, 0.4) is 0 Å². The second kappa shape index (κ2) is 17.7. The molecule has 0 aliphatic rings. The summed E-state index contributed by atoms with van der Waals surface area (Å²) in [6.45, 7) is 15.0. The molecule has 0 unspecified atom stereocenters. The highest BCUT2D eigenvalue weighted by Gasteiger charge is 2.18. The maximum absolute atomic E-state index is 11.9. The van der Waals surface area contributed by atoms with Gasteiger partial charge in [0.2, 0.25) is 0 Å². The van der Waals surface area contributed by atoms with Gasteiger partial charge in [0, 0.05) is 31.6 Å². The summed E-state index contributed by atoms with van der Waals surface area (Å²) < 4.78 is 4.94. The number of anilines is 1. The molecule has 37 heavy (non-hydrogen) atoms. The zero-order valence-corrected chi connectivity index (χ0v) is 24.3. The van der Waals surface area contributed by atoms with Crippen molar-refractivity contribution in [1.82, 2.24) is 4.98 Å². The van der Waals surface area contributed by atoms with Gasteiger partial charge in [0.15, 0.2) is 11.4 Å². The Kier molecular flexibility index (Phi) is 16.4. The van der Waals surface area contributed by atoms with Gasteiger partial charge < -0.3 is 14.5 Å². The quantitative estimate of drug-likeness (QED) is 0.116. The molecule has 0 saturated heterocycles. The van der Waals surface area contributed by atoms with E-state index < -0.39 is 10.7 Å². The first-order valence-electron chi connectivity index (χ1n) is 11.0. The molecule has 1 amide bonds. The van der Waals surface area contributed by atoms with E-state index in [9.17, 15) is 4.79 Å². The van der Waals surface area contributed by atoms with Crippen molar-refractivity contribution in [3.8, 4) is 0 Å². The van der Waals surface area contributed by atoms with Crippen LogP contribution in [0.15, 0.2) is 67.0 Å². The van der Waals surface area contributed by atoms with E-state index in [4.69, 9.17) is 49.2 Å². The van der Waals surface area contributed by atoms with Crippen LogP contribution in [0, 0.1) is 6.92 Å². The lowest BCUT2D eigenvalue weighted by Gasteiger charge is -2.18. The molecule has 2 aromatic rings. The van der Waals surface area contributed by atoms with Gasteiger partial charge >= 0.3 is 0 Å². The van der Waals surface area contributed by atoms with Crippen LogP contribution in [-0.2, 0) is 25.8 Å². The maximum Gasteiger partial charge on any atom is 0.260 e. The highest BCUT2D eigenvalue weighted by Crippen LogP contribution is 2.21. The van der Waals surface area contributed by atoms with Gasteiger partial charge in [-0.2, -0.15) is 0 Å². The Morgan fingerprint density at radius 3 is 2.30 bits per heavy atom. The van der Waals surface area contributed by atoms with Crippen LogP contribution >= 0.6 is 34.8 Å². The molecule has 0 aliphatic heterocycles. The predicted molar refractivity (Wildman–Crippen MR) is 154 cm³/mol. The summed E-state index contributed by atoms with van der Waals surface area (Å²) in [7, 11) is 3.29. The fraction of sp³-hybridized carbons (Fsp3) is 0.333. The van der Waals surface area contributed by atoms with E-state index in [1.54, 1.807) is 44.6 Å². The molecule has 202 valence electrons. The topological polar surface area (TPSA) is 81.1 Å². The summed E-state index contributed by atoms with van der Waals surface area (Å²) in [5, 5.41) is 4.68. The molecule has 0 N–H and O–H groups in total. The molecular weight excluding hydrogens is 537 g/mol. The molecule has 0 spiro atoms. The second-order valence-corrected chi connectivity index (χ2v) is 9.78. The maximum atomic E-state index is 11.9. The fourth-order valence-corrected chi connectivity index (χ4v) is 2.95. The van der Waals surface area contributed by atoms with E-state index in [0.29, 0.717) is 28.4 Å². The zero-order chi connectivity index (χ0) is 28.6. The number of methoxy groups -OCH3 is 1. The van der Waals surface area contributed by atoms with Gasteiger partial charge in [0.05, 0.1) is 16.3 Å². The molecule has 10 heteroatoms. The number of carbonyl (C=O) groups excluding carboxylic acids is 2. The molecule has 0 fully saturated rings. The molecule has 0 bridgehead atoms. The largest absolute Gasteiger partial charge is 0.389 e. The molecule has 1 heterocycles. The number of aldehydes is 1. The van der Waals surface area contributed by atoms with Crippen molar-refractivity contribution in [2.75, 3.05) is 19.1 Å². The molecule has 7 nitrogen and oxygen atoms in total. The lowest BCUT2D eigenvalue weighted by atomic mass is 10.0. The number of rotatable bonds is 8. The first kappa shape index (κ1) is 34.3. The summed E-state index contributed by atoms with van der Waals surface area (Å²) in [6.07, 6.45) is 4.97. The number of alkyl halides is 2. The number of carbonyl (C=O) groups is 2. The SMILES string of the molecule is C=C/C(=N\OCc1cc(N(C)C(=O)C(Cl)Cl)ccn1)c1c(C)cccc1Cl.C=CC=O.COC(C)(C)C. The molecule has 0 atom stereocenters. The highest BCUT2D eigenvalue weighted by molar-refractivity contribution is 6.54. The number of ether oxygens (including phenoxy) is 1. The molecule has 0 aliphatic carbocycles. The third-order valence-corrected chi connectivity index (χ3v) is 5.15. The smallest absolute Gasteiger partial charge is 0.260 e. The van der Waals surface area contributed by atoms with Gasteiger partial charge in [-0.25, -0.2) is 0 Å². The predicted octanol–water partition coefficient (Wildman–Crippen LogP) is 6.72.